The highest BCUT2D eigenvalue weighted by Crippen LogP contribution is 2.09. The summed E-state index contributed by atoms with van der Waals surface area (Å²) < 4.78 is 13.5. The van der Waals surface area contributed by atoms with Crippen molar-refractivity contribution in [2.45, 2.75) is 32.9 Å². The average molecular weight is 263 g/mol. The fourth-order valence-corrected chi connectivity index (χ4v) is 1.79. The molecule has 1 N–H and O–H groups in total. The normalized spacial score (nSPS) is 12.4. The molecule has 0 spiro atoms. The molecule has 4 heteroatoms. The van der Waals surface area contributed by atoms with Crippen LogP contribution < -0.4 is 5.32 Å². The molecule has 1 aromatic rings. The molecule has 0 aliphatic carbocycles. The fourth-order valence-electron chi connectivity index (χ4n) is 1.79. The molecule has 1 atom stereocenters. The van der Waals surface area contributed by atoms with E-state index in [9.17, 15) is 4.39 Å². The minimum absolute atomic E-state index is 0.262. The number of hydrogen-bond acceptors (Lipinski definition) is 3. The van der Waals surface area contributed by atoms with Gasteiger partial charge >= 0.3 is 0 Å². The Balaban J connectivity index is 2.39. The maximum Gasteiger partial charge on any atom is 0.127 e. The van der Waals surface area contributed by atoms with Crippen LogP contribution in [0.25, 0.3) is 0 Å². The molecule has 104 valence electrons. The van der Waals surface area contributed by atoms with E-state index in [0.29, 0.717) is 23.7 Å². The van der Waals surface area contributed by atoms with Crippen LogP contribution in [0, 0.1) is 17.1 Å². The quantitative estimate of drug-likeness (QED) is 0.768. The minimum Gasteiger partial charge on any atom is -0.311 e. The molecule has 1 rings (SSSR count). The molecule has 0 radical (unpaired) electrons. The highest BCUT2D eigenvalue weighted by molar-refractivity contribution is 5.33. The van der Waals surface area contributed by atoms with E-state index in [0.717, 1.165) is 19.5 Å². The van der Waals surface area contributed by atoms with Crippen LogP contribution in [0.15, 0.2) is 18.2 Å². The predicted octanol–water partition coefficient (Wildman–Crippen LogP) is 2.52. The summed E-state index contributed by atoms with van der Waals surface area (Å²) in [4.78, 5) is 2.27. The lowest BCUT2D eigenvalue weighted by Gasteiger charge is -2.23. The first-order valence-electron chi connectivity index (χ1n) is 6.68. The number of likely N-dealkylation sites (N-methyl/N-ethyl adjacent to an activating group) is 1. The highest BCUT2D eigenvalue weighted by Gasteiger charge is 2.06. The summed E-state index contributed by atoms with van der Waals surface area (Å²) in [7, 11) is 2.09. The van der Waals surface area contributed by atoms with Crippen LogP contribution in [0.2, 0.25) is 0 Å². The molecule has 0 aromatic heterocycles. The minimum atomic E-state index is -0.262. The van der Waals surface area contributed by atoms with Crippen molar-refractivity contribution in [3.63, 3.8) is 0 Å². The highest BCUT2D eigenvalue weighted by atomic mass is 19.1. The van der Waals surface area contributed by atoms with Crippen molar-refractivity contribution in [3.05, 3.63) is 35.1 Å². The first-order chi connectivity index (χ1) is 9.08. The number of nitriles is 1. The summed E-state index contributed by atoms with van der Waals surface area (Å²) in [5, 5.41) is 12.0. The lowest BCUT2D eigenvalue weighted by molar-refractivity contribution is 0.251. The summed E-state index contributed by atoms with van der Waals surface area (Å²) in [5.74, 6) is -0.262. The maximum absolute atomic E-state index is 13.5. The number of benzene rings is 1. The molecule has 0 aliphatic heterocycles. The molecule has 0 amide bonds. The third-order valence-corrected chi connectivity index (χ3v) is 3.47. The monoisotopic (exact) mass is 263 g/mol. The number of nitrogens with zero attached hydrogens (tertiary/aromatic N) is 2. The van der Waals surface area contributed by atoms with Gasteiger partial charge in [-0.25, -0.2) is 4.39 Å². The Morgan fingerprint density at radius 2 is 2.21 bits per heavy atom. The van der Waals surface area contributed by atoms with Crippen molar-refractivity contribution in [3.8, 4) is 6.07 Å². The van der Waals surface area contributed by atoms with Crippen LogP contribution in [0.4, 0.5) is 4.39 Å². The summed E-state index contributed by atoms with van der Waals surface area (Å²) in [6, 6.07) is 7.02. The summed E-state index contributed by atoms with van der Waals surface area (Å²) in [6.45, 7) is 6.54. The van der Waals surface area contributed by atoms with Crippen molar-refractivity contribution in [1.29, 1.82) is 5.26 Å². The van der Waals surface area contributed by atoms with Crippen LogP contribution in [-0.2, 0) is 6.54 Å². The van der Waals surface area contributed by atoms with E-state index in [-0.39, 0.29) is 5.82 Å². The van der Waals surface area contributed by atoms with Gasteiger partial charge in [0.15, 0.2) is 0 Å². The van der Waals surface area contributed by atoms with Crippen LogP contribution in [0.5, 0.6) is 0 Å². The van der Waals surface area contributed by atoms with E-state index < -0.39 is 0 Å². The van der Waals surface area contributed by atoms with Gasteiger partial charge in [-0.15, -0.1) is 0 Å². The largest absolute Gasteiger partial charge is 0.311 e. The SMILES string of the molecule is CCC(C)N(C)CCNCc1cc(C#N)ccc1F. The van der Waals surface area contributed by atoms with Gasteiger partial charge in [-0.1, -0.05) is 6.92 Å². The summed E-state index contributed by atoms with van der Waals surface area (Å²) >= 11 is 0. The van der Waals surface area contributed by atoms with Crippen LogP contribution in [0.3, 0.4) is 0 Å². The van der Waals surface area contributed by atoms with E-state index in [1.54, 1.807) is 6.07 Å². The summed E-state index contributed by atoms with van der Waals surface area (Å²) in [5.41, 5.74) is 1.04. The first kappa shape index (κ1) is 15.6. The van der Waals surface area contributed by atoms with E-state index in [2.05, 4.69) is 31.1 Å². The van der Waals surface area contributed by atoms with Crippen LogP contribution >= 0.6 is 0 Å². The molecule has 1 unspecified atom stereocenters. The zero-order valence-electron chi connectivity index (χ0n) is 11.9. The Morgan fingerprint density at radius 3 is 2.84 bits per heavy atom. The maximum atomic E-state index is 13.5. The van der Waals surface area contributed by atoms with Gasteiger partial charge in [0.25, 0.3) is 0 Å². The van der Waals surface area contributed by atoms with Gasteiger partial charge in [-0.05, 0) is 38.6 Å². The Morgan fingerprint density at radius 1 is 1.47 bits per heavy atom. The Hall–Kier alpha value is -1.44. The second kappa shape index (κ2) is 7.88. The van der Waals surface area contributed by atoms with Gasteiger partial charge in [0, 0.05) is 31.2 Å². The number of rotatable bonds is 7. The Bertz CT molecular complexity index is 440. The first-order valence-corrected chi connectivity index (χ1v) is 6.68. The second-order valence-electron chi connectivity index (χ2n) is 4.83. The molecule has 1 aromatic carbocycles. The third kappa shape index (κ3) is 4.98. The molecule has 3 nitrogen and oxygen atoms in total. The lowest BCUT2D eigenvalue weighted by Crippen LogP contribution is -2.34. The second-order valence-corrected chi connectivity index (χ2v) is 4.83. The predicted molar refractivity (Wildman–Crippen MR) is 75.2 cm³/mol. The van der Waals surface area contributed by atoms with Gasteiger partial charge in [-0.2, -0.15) is 5.26 Å². The Labute approximate surface area is 115 Å². The van der Waals surface area contributed by atoms with Crippen molar-refractivity contribution in [2.75, 3.05) is 20.1 Å². The fraction of sp³-hybridized carbons (Fsp3) is 0.533. The molecular formula is C15H22FN3. The Kier molecular flexibility index (Phi) is 6.48. The van der Waals surface area contributed by atoms with E-state index in [4.69, 9.17) is 5.26 Å². The average Bonchev–Trinajstić information content (AvgIpc) is 2.44. The molecule has 0 fully saturated rings. The van der Waals surface area contributed by atoms with E-state index in [1.807, 2.05) is 6.07 Å². The number of halogens is 1. The summed E-state index contributed by atoms with van der Waals surface area (Å²) in [6.07, 6.45) is 1.12. The molecule has 0 saturated heterocycles. The van der Waals surface area contributed by atoms with Crippen LogP contribution in [0.1, 0.15) is 31.4 Å². The van der Waals surface area contributed by atoms with Crippen molar-refractivity contribution in [2.24, 2.45) is 0 Å². The van der Waals surface area contributed by atoms with E-state index in [1.165, 1.54) is 12.1 Å². The molecule has 0 saturated carbocycles. The van der Waals surface area contributed by atoms with Gasteiger partial charge in [0.1, 0.15) is 5.82 Å². The van der Waals surface area contributed by atoms with Gasteiger partial charge in [0.05, 0.1) is 11.6 Å². The van der Waals surface area contributed by atoms with Gasteiger partial charge < -0.3 is 10.2 Å². The van der Waals surface area contributed by atoms with Crippen molar-refractivity contribution >= 4 is 0 Å². The molecule has 19 heavy (non-hydrogen) atoms. The third-order valence-electron chi connectivity index (χ3n) is 3.47. The zero-order valence-corrected chi connectivity index (χ0v) is 11.9. The van der Waals surface area contributed by atoms with Crippen LogP contribution in [-0.4, -0.2) is 31.1 Å². The van der Waals surface area contributed by atoms with Crippen molar-refractivity contribution in [1.82, 2.24) is 10.2 Å². The van der Waals surface area contributed by atoms with E-state index >= 15 is 0 Å². The standard InChI is InChI=1S/C15H22FN3/c1-4-12(2)19(3)8-7-18-11-14-9-13(10-17)5-6-15(14)16/h5-6,9,12,18H,4,7-8,11H2,1-3H3. The molecular weight excluding hydrogens is 241 g/mol. The number of hydrogen-bond donors (Lipinski definition) is 1. The van der Waals surface area contributed by atoms with Gasteiger partial charge in [0.2, 0.25) is 0 Å². The smallest absolute Gasteiger partial charge is 0.127 e. The topological polar surface area (TPSA) is 39.1 Å². The van der Waals surface area contributed by atoms with Crippen molar-refractivity contribution < 1.29 is 4.39 Å². The lowest BCUT2D eigenvalue weighted by atomic mass is 10.1. The zero-order chi connectivity index (χ0) is 14.3. The molecule has 0 heterocycles. The molecule has 0 aliphatic rings. The molecule has 0 bridgehead atoms. The number of nitrogens with one attached hydrogen (secondary N) is 1. The van der Waals surface area contributed by atoms with Gasteiger partial charge in [-0.3, -0.25) is 0 Å².